The smallest absolute Gasteiger partial charge is 0.0797 e. The number of allylic oxidation sites excluding steroid dienone is 1. The molecule has 1 saturated heterocycles. The van der Waals surface area contributed by atoms with Gasteiger partial charge < -0.3 is 9.80 Å². The van der Waals surface area contributed by atoms with Crippen LogP contribution in [-0.2, 0) is 6.42 Å². The lowest BCUT2D eigenvalue weighted by Crippen LogP contribution is -2.45. The van der Waals surface area contributed by atoms with Gasteiger partial charge in [-0.15, -0.1) is 11.3 Å². The van der Waals surface area contributed by atoms with E-state index in [-0.39, 0.29) is 0 Å². The molecule has 3 nitrogen and oxygen atoms in total. The van der Waals surface area contributed by atoms with E-state index in [1.54, 1.807) is 17.4 Å². The van der Waals surface area contributed by atoms with Gasteiger partial charge in [-0.05, 0) is 38.0 Å². The Kier molecular flexibility index (Phi) is 8.26. The van der Waals surface area contributed by atoms with Gasteiger partial charge in [0.25, 0.3) is 0 Å². The molecule has 0 N–H and O–H groups in total. The number of benzene rings is 1. The highest BCUT2D eigenvalue weighted by Gasteiger charge is 2.19. The van der Waals surface area contributed by atoms with Crippen molar-refractivity contribution >= 4 is 40.2 Å². The maximum absolute atomic E-state index is 6.23. The number of piperazine rings is 1. The van der Waals surface area contributed by atoms with Crippen LogP contribution in [0.4, 0.5) is 5.69 Å². The van der Waals surface area contributed by atoms with E-state index < -0.39 is 0 Å². The quantitative estimate of drug-likeness (QED) is 0.609. The lowest BCUT2D eigenvalue weighted by atomic mass is 10.2. The number of nitrogens with zero attached hydrogens (tertiary/aromatic N) is 3. The molecule has 0 spiro atoms. The van der Waals surface area contributed by atoms with Gasteiger partial charge in [0.15, 0.2) is 0 Å². The minimum atomic E-state index is 0.682. The van der Waals surface area contributed by atoms with E-state index in [1.165, 1.54) is 16.3 Å². The topological polar surface area (TPSA) is 19.4 Å². The van der Waals surface area contributed by atoms with Crippen LogP contribution < -0.4 is 4.90 Å². The highest BCUT2D eigenvalue weighted by Crippen LogP contribution is 2.29. The van der Waals surface area contributed by atoms with E-state index in [2.05, 4.69) is 42.1 Å². The lowest BCUT2D eigenvalue weighted by molar-refractivity contribution is 0.315. The van der Waals surface area contributed by atoms with Crippen LogP contribution in [0.25, 0.3) is 0 Å². The first-order chi connectivity index (χ1) is 12.5. The SMILES string of the molecule is C=C(CC)N1CCN(c2ccc(Cl)cc2Cl)CC1.CCc1scnc1C. The Hall–Kier alpha value is -1.23. The molecule has 2 aromatic rings. The summed E-state index contributed by atoms with van der Waals surface area (Å²) < 4.78 is 0. The van der Waals surface area contributed by atoms with E-state index in [0.29, 0.717) is 5.02 Å². The molecule has 0 atom stereocenters. The van der Waals surface area contributed by atoms with E-state index in [9.17, 15) is 0 Å². The average molecular weight is 412 g/mol. The molecule has 1 aliphatic heterocycles. The molecule has 1 aliphatic rings. The number of aromatic nitrogens is 1. The maximum Gasteiger partial charge on any atom is 0.0797 e. The Morgan fingerprint density at radius 2 is 1.88 bits per heavy atom. The van der Waals surface area contributed by atoms with Crippen LogP contribution in [0.3, 0.4) is 0 Å². The highest BCUT2D eigenvalue weighted by atomic mass is 35.5. The zero-order valence-corrected chi connectivity index (χ0v) is 18.1. The molecule has 0 radical (unpaired) electrons. The van der Waals surface area contributed by atoms with Gasteiger partial charge in [0.1, 0.15) is 0 Å². The number of aryl methyl sites for hydroxylation is 2. The van der Waals surface area contributed by atoms with Crippen LogP contribution in [0.15, 0.2) is 36.0 Å². The fourth-order valence-electron chi connectivity index (χ4n) is 2.89. The zero-order chi connectivity index (χ0) is 19.1. The first-order valence-electron chi connectivity index (χ1n) is 8.97. The molecule has 1 aromatic heterocycles. The molecule has 3 rings (SSSR count). The van der Waals surface area contributed by atoms with Gasteiger partial charge in [-0.3, -0.25) is 0 Å². The normalized spacial score (nSPS) is 14.0. The number of hydrogen-bond donors (Lipinski definition) is 0. The molecule has 6 heteroatoms. The second-order valence-corrected chi connectivity index (χ2v) is 7.99. The summed E-state index contributed by atoms with van der Waals surface area (Å²) in [6.45, 7) is 14.4. The Morgan fingerprint density at radius 3 is 2.35 bits per heavy atom. The summed E-state index contributed by atoms with van der Waals surface area (Å²) in [5, 5.41) is 1.41. The molecule has 0 unspecified atom stereocenters. The third kappa shape index (κ3) is 5.63. The predicted octanol–water partition coefficient (Wildman–Crippen LogP) is 6.05. The van der Waals surface area contributed by atoms with E-state index in [4.69, 9.17) is 23.2 Å². The van der Waals surface area contributed by atoms with Crippen LogP contribution in [0.5, 0.6) is 0 Å². The van der Waals surface area contributed by atoms with E-state index in [1.807, 2.05) is 17.6 Å². The summed E-state index contributed by atoms with van der Waals surface area (Å²) in [6.07, 6.45) is 2.14. The molecule has 142 valence electrons. The minimum absolute atomic E-state index is 0.682. The summed E-state index contributed by atoms with van der Waals surface area (Å²) in [5.41, 5.74) is 5.38. The molecule has 0 aliphatic carbocycles. The summed E-state index contributed by atoms with van der Waals surface area (Å²) in [6, 6.07) is 5.69. The summed E-state index contributed by atoms with van der Waals surface area (Å²) in [7, 11) is 0. The van der Waals surface area contributed by atoms with Crippen molar-refractivity contribution in [2.75, 3.05) is 31.1 Å². The molecule has 0 amide bonds. The molecular weight excluding hydrogens is 385 g/mol. The third-order valence-electron chi connectivity index (χ3n) is 4.55. The van der Waals surface area contributed by atoms with Crippen molar-refractivity contribution < 1.29 is 0 Å². The molecule has 1 fully saturated rings. The first-order valence-corrected chi connectivity index (χ1v) is 10.6. The minimum Gasteiger partial charge on any atom is -0.372 e. The van der Waals surface area contributed by atoms with Gasteiger partial charge in [0.2, 0.25) is 0 Å². The number of rotatable bonds is 4. The number of anilines is 1. The van der Waals surface area contributed by atoms with Crippen LogP contribution >= 0.6 is 34.5 Å². The Bertz CT molecular complexity index is 722. The van der Waals surface area contributed by atoms with Crippen LogP contribution in [-0.4, -0.2) is 36.1 Å². The number of halogens is 2. The van der Waals surface area contributed by atoms with Crippen LogP contribution in [0.1, 0.15) is 30.8 Å². The van der Waals surface area contributed by atoms with Crippen molar-refractivity contribution in [3.8, 4) is 0 Å². The molecule has 1 aromatic carbocycles. The molecular formula is C20H27Cl2N3S. The van der Waals surface area contributed by atoms with E-state index >= 15 is 0 Å². The van der Waals surface area contributed by atoms with Crippen molar-refractivity contribution in [1.29, 1.82) is 0 Å². The fraction of sp³-hybridized carbons (Fsp3) is 0.450. The largest absolute Gasteiger partial charge is 0.372 e. The summed E-state index contributed by atoms with van der Waals surface area (Å²) in [4.78, 5) is 10.2. The van der Waals surface area contributed by atoms with Gasteiger partial charge in [-0.2, -0.15) is 0 Å². The Balaban J connectivity index is 0.000000254. The highest BCUT2D eigenvalue weighted by molar-refractivity contribution is 7.09. The lowest BCUT2D eigenvalue weighted by Gasteiger charge is -2.38. The van der Waals surface area contributed by atoms with Crippen molar-refractivity contribution in [2.24, 2.45) is 0 Å². The summed E-state index contributed by atoms with van der Waals surface area (Å²) in [5.74, 6) is 0. The average Bonchev–Trinajstić information content (AvgIpc) is 3.07. The zero-order valence-electron chi connectivity index (χ0n) is 15.8. The maximum atomic E-state index is 6.23. The predicted molar refractivity (Wildman–Crippen MR) is 116 cm³/mol. The second-order valence-electron chi connectivity index (χ2n) is 6.20. The summed E-state index contributed by atoms with van der Waals surface area (Å²) >= 11 is 13.9. The van der Waals surface area contributed by atoms with Crippen molar-refractivity contribution in [3.63, 3.8) is 0 Å². The third-order valence-corrected chi connectivity index (χ3v) is 6.17. The monoisotopic (exact) mass is 411 g/mol. The van der Waals surface area contributed by atoms with Gasteiger partial charge in [0.05, 0.1) is 21.9 Å². The van der Waals surface area contributed by atoms with Crippen molar-refractivity contribution in [1.82, 2.24) is 9.88 Å². The van der Waals surface area contributed by atoms with Crippen molar-refractivity contribution in [2.45, 2.75) is 33.6 Å². The Labute approximate surface area is 171 Å². The van der Waals surface area contributed by atoms with E-state index in [0.717, 1.165) is 49.7 Å². The fourth-order valence-corrected chi connectivity index (χ4v) is 4.15. The van der Waals surface area contributed by atoms with Crippen LogP contribution in [0, 0.1) is 6.92 Å². The second kappa shape index (κ2) is 10.2. The van der Waals surface area contributed by atoms with Gasteiger partial charge in [0, 0.05) is 41.8 Å². The van der Waals surface area contributed by atoms with Gasteiger partial charge >= 0.3 is 0 Å². The molecule has 0 saturated carbocycles. The van der Waals surface area contributed by atoms with Crippen molar-refractivity contribution in [3.05, 3.63) is 56.6 Å². The number of thiazole rings is 1. The molecule has 2 heterocycles. The molecule has 0 bridgehead atoms. The number of hydrogen-bond acceptors (Lipinski definition) is 4. The first kappa shape index (κ1) is 21.1. The Morgan fingerprint density at radius 1 is 1.19 bits per heavy atom. The molecule has 26 heavy (non-hydrogen) atoms. The van der Waals surface area contributed by atoms with Crippen LogP contribution in [0.2, 0.25) is 10.0 Å². The van der Waals surface area contributed by atoms with Gasteiger partial charge in [-0.25, -0.2) is 4.98 Å². The van der Waals surface area contributed by atoms with Gasteiger partial charge in [-0.1, -0.05) is 43.6 Å². The standard InChI is InChI=1S/C14H18Cl2N2.C6H9NS/c1-3-11(2)17-6-8-18(9-7-17)14-5-4-12(15)10-13(14)16;1-3-6-5(2)7-4-8-6/h4-5,10H,2-3,6-9H2,1H3;4H,3H2,1-2H3.